The number of halogens is 2. The second-order valence-corrected chi connectivity index (χ2v) is 10.5. The van der Waals surface area contributed by atoms with E-state index < -0.39 is 17.2 Å². The Kier molecular flexibility index (Phi) is 7.39. The Morgan fingerprint density at radius 1 is 1.00 bits per heavy atom. The molecule has 1 saturated heterocycles. The van der Waals surface area contributed by atoms with Crippen LogP contribution in [-0.4, -0.2) is 34.7 Å². The van der Waals surface area contributed by atoms with Crippen molar-refractivity contribution in [3.8, 4) is 22.6 Å². The Bertz CT molecular complexity index is 1290. The summed E-state index contributed by atoms with van der Waals surface area (Å²) < 4.78 is 39.6. The predicted molar refractivity (Wildman–Crippen MR) is 140 cm³/mol. The number of ether oxygens (including phenoxy) is 2. The molecule has 4 rings (SSSR count). The highest BCUT2D eigenvalue weighted by molar-refractivity contribution is 5.77. The average Bonchev–Trinajstić information content (AvgIpc) is 2.80. The van der Waals surface area contributed by atoms with Crippen molar-refractivity contribution in [1.29, 1.82) is 0 Å². The molecule has 6 nitrogen and oxygen atoms in total. The normalized spacial score (nSPS) is 14.5. The highest BCUT2D eigenvalue weighted by Crippen LogP contribution is 2.42. The second kappa shape index (κ2) is 10.4. The summed E-state index contributed by atoms with van der Waals surface area (Å²) in [5, 5.41) is 0. The lowest BCUT2D eigenvalue weighted by Gasteiger charge is -2.34. The number of nitrogen functional groups attached to an aromatic ring is 1. The molecule has 3 aromatic rings. The van der Waals surface area contributed by atoms with E-state index in [-0.39, 0.29) is 17.8 Å². The van der Waals surface area contributed by atoms with Gasteiger partial charge < -0.3 is 20.1 Å². The fourth-order valence-electron chi connectivity index (χ4n) is 4.64. The number of carbonyl (C=O) groups excluding carboxylic acids is 1. The zero-order chi connectivity index (χ0) is 26.9. The molecular formula is C29H33F2N3O3. The van der Waals surface area contributed by atoms with Crippen LogP contribution in [0.25, 0.3) is 11.1 Å². The first-order valence-corrected chi connectivity index (χ1v) is 12.4. The van der Waals surface area contributed by atoms with Crippen LogP contribution in [0.3, 0.4) is 0 Å². The average molecular weight is 510 g/mol. The smallest absolute Gasteiger partial charge is 0.410 e. The van der Waals surface area contributed by atoms with Crippen molar-refractivity contribution in [2.24, 2.45) is 0 Å². The molecule has 1 aromatic heterocycles. The van der Waals surface area contributed by atoms with E-state index in [1.165, 1.54) is 6.07 Å². The Morgan fingerprint density at radius 3 is 2.24 bits per heavy atom. The monoisotopic (exact) mass is 509 g/mol. The van der Waals surface area contributed by atoms with E-state index >= 15 is 0 Å². The van der Waals surface area contributed by atoms with E-state index in [9.17, 15) is 13.6 Å². The molecule has 1 aliphatic heterocycles. The van der Waals surface area contributed by atoms with Crippen molar-refractivity contribution in [3.63, 3.8) is 0 Å². The van der Waals surface area contributed by atoms with Crippen LogP contribution in [0, 0.1) is 25.5 Å². The molecule has 8 heteroatoms. The van der Waals surface area contributed by atoms with Gasteiger partial charge in [-0.2, -0.15) is 0 Å². The summed E-state index contributed by atoms with van der Waals surface area (Å²) in [4.78, 5) is 18.6. The van der Waals surface area contributed by atoms with Gasteiger partial charge in [-0.3, -0.25) is 4.98 Å². The molecule has 2 aromatic carbocycles. The SMILES string of the molecule is Cc1cc(-c2cc(N)c(C3CCN(C(=O)OC(C)(C)C)CC3)cc2Oc2ccc(F)cc2F)cc(C)n1. The summed E-state index contributed by atoms with van der Waals surface area (Å²) in [6, 6.07) is 10.7. The molecule has 1 fully saturated rings. The molecule has 0 bridgehead atoms. The topological polar surface area (TPSA) is 77.7 Å². The van der Waals surface area contributed by atoms with E-state index in [1.807, 2.05) is 58.9 Å². The van der Waals surface area contributed by atoms with Crippen LogP contribution in [0.5, 0.6) is 11.5 Å². The van der Waals surface area contributed by atoms with E-state index in [4.69, 9.17) is 15.2 Å². The zero-order valence-electron chi connectivity index (χ0n) is 21.9. The number of likely N-dealkylation sites (tertiary alicyclic amines) is 1. The number of nitrogens with two attached hydrogens (primary N) is 1. The minimum Gasteiger partial charge on any atom is -0.454 e. The summed E-state index contributed by atoms with van der Waals surface area (Å²) in [5.74, 6) is -1.07. The van der Waals surface area contributed by atoms with Gasteiger partial charge in [0.25, 0.3) is 0 Å². The number of aryl methyl sites for hydroxylation is 2. The zero-order valence-corrected chi connectivity index (χ0v) is 21.9. The van der Waals surface area contributed by atoms with Crippen molar-refractivity contribution < 1.29 is 23.0 Å². The van der Waals surface area contributed by atoms with E-state index in [0.717, 1.165) is 34.6 Å². The Balaban J connectivity index is 1.67. The van der Waals surface area contributed by atoms with Gasteiger partial charge in [-0.15, -0.1) is 0 Å². The third-order valence-corrected chi connectivity index (χ3v) is 6.28. The van der Waals surface area contributed by atoms with Crippen molar-refractivity contribution in [2.75, 3.05) is 18.8 Å². The number of nitrogens with zero attached hydrogens (tertiary/aromatic N) is 2. The van der Waals surface area contributed by atoms with Crippen LogP contribution < -0.4 is 10.5 Å². The van der Waals surface area contributed by atoms with E-state index in [1.54, 1.807) is 4.90 Å². The molecule has 196 valence electrons. The van der Waals surface area contributed by atoms with Crippen molar-refractivity contribution >= 4 is 11.8 Å². The van der Waals surface area contributed by atoms with Crippen LogP contribution in [0.15, 0.2) is 42.5 Å². The van der Waals surface area contributed by atoms with Gasteiger partial charge in [0.05, 0.1) is 0 Å². The van der Waals surface area contributed by atoms with E-state index in [2.05, 4.69) is 4.98 Å². The number of rotatable bonds is 4. The summed E-state index contributed by atoms with van der Waals surface area (Å²) >= 11 is 0. The van der Waals surface area contributed by atoms with Gasteiger partial charge in [-0.1, -0.05) is 0 Å². The van der Waals surface area contributed by atoms with Gasteiger partial charge in [0, 0.05) is 41.8 Å². The van der Waals surface area contributed by atoms with Gasteiger partial charge in [0.1, 0.15) is 17.2 Å². The van der Waals surface area contributed by atoms with Gasteiger partial charge >= 0.3 is 6.09 Å². The van der Waals surface area contributed by atoms with Gasteiger partial charge in [-0.25, -0.2) is 13.6 Å². The van der Waals surface area contributed by atoms with Gasteiger partial charge in [0.2, 0.25) is 0 Å². The minimum atomic E-state index is -0.794. The first-order valence-electron chi connectivity index (χ1n) is 12.4. The summed E-state index contributed by atoms with van der Waals surface area (Å²) in [7, 11) is 0. The Labute approximate surface area is 216 Å². The molecule has 0 aliphatic carbocycles. The van der Waals surface area contributed by atoms with Crippen LogP contribution in [0.2, 0.25) is 0 Å². The first kappa shape index (κ1) is 26.4. The lowest BCUT2D eigenvalue weighted by molar-refractivity contribution is 0.0205. The fraction of sp³-hybridized carbons (Fsp3) is 0.379. The lowest BCUT2D eigenvalue weighted by atomic mass is 9.87. The van der Waals surface area contributed by atoms with Crippen LogP contribution >= 0.6 is 0 Å². The maximum atomic E-state index is 14.5. The number of anilines is 1. The maximum Gasteiger partial charge on any atom is 0.410 e. The quantitative estimate of drug-likeness (QED) is 0.379. The van der Waals surface area contributed by atoms with Crippen molar-refractivity contribution in [1.82, 2.24) is 9.88 Å². The standard InChI is InChI=1S/C29H33F2N3O3/c1-17-12-20(13-18(2)33-17)23-15-25(32)22(16-27(23)36-26-7-6-21(30)14-24(26)31)19-8-10-34(11-9-19)28(35)37-29(3,4)5/h6-7,12-16,19H,8-11,32H2,1-5H3. The molecule has 1 amide bonds. The highest BCUT2D eigenvalue weighted by atomic mass is 19.1. The van der Waals surface area contributed by atoms with Crippen LogP contribution in [0.1, 0.15) is 56.5 Å². The van der Waals surface area contributed by atoms with Crippen LogP contribution in [0.4, 0.5) is 19.3 Å². The largest absolute Gasteiger partial charge is 0.454 e. The molecule has 0 saturated carbocycles. The van der Waals surface area contributed by atoms with Gasteiger partial charge in [0.15, 0.2) is 11.6 Å². The number of amides is 1. The summed E-state index contributed by atoms with van der Waals surface area (Å²) in [6.07, 6.45) is 1.06. The molecule has 37 heavy (non-hydrogen) atoms. The number of carbonyl (C=O) groups is 1. The number of hydrogen-bond donors (Lipinski definition) is 1. The molecule has 2 N–H and O–H groups in total. The maximum absolute atomic E-state index is 14.5. The van der Waals surface area contributed by atoms with Crippen molar-refractivity contribution in [2.45, 2.75) is 59.0 Å². The number of hydrogen-bond acceptors (Lipinski definition) is 5. The Morgan fingerprint density at radius 2 is 1.65 bits per heavy atom. The first-order chi connectivity index (χ1) is 17.4. The van der Waals surface area contributed by atoms with Crippen molar-refractivity contribution in [3.05, 3.63) is 71.1 Å². The molecular weight excluding hydrogens is 476 g/mol. The second-order valence-electron chi connectivity index (χ2n) is 10.5. The summed E-state index contributed by atoms with van der Waals surface area (Å²) in [6.45, 7) is 10.4. The number of benzene rings is 2. The summed E-state index contributed by atoms with van der Waals surface area (Å²) in [5.41, 5.74) is 10.6. The number of aromatic nitrogens is 1. The van der Waals surface area contributed by atoms with E-state index in [0.29, 0.717) is 42.9 Å². The number of piperidine rings is 1. The molecule has 0 unspecified atom stereocenters. The van der Waals surface area contributed by atoms with Gasteiger partial charge in [-0.05, 0) is 101 Å². The molecule has 2 heterocycles. The molecule has 0 atom stereocenters. The molecule has 1 aliphatic rings. The fourth-order valence-corrected chi connectivity index (χ4v) is 4.64. The molecule has 0 spiro atoms. The van der Waals surface area contributed by atoms with Crippen LogP contribution in [-0.2, 0) is 4.74 Å². The highest BCUT2D eigenvalue weighted by Gasteiger charge is 2.29. The number of pyridine rings is 1. The lowest BCUT2D eigenvalue weighted by Crippen LogP contribution is -2.41. The third kappa shape index (κ3) is 6.37. The predicted octanol–water partition coefficient (Wildman–Crippen LogP) is 7.13. The Hall–Kier alpha value is -3.68. The molecule has 0 radical (unpaired) electrons. The minimum absolute atomic E-state index is 0.0778. The third-order valence-electron chi connectivity index (χ3n) is 6.28.